The minimum absolute atomic E-state index is 0.432. The fourth-order valence-corrected chi connectivity index (χ4v) is 103. The van der Waals surface area contributed by atoms with Gasteiger partial charge >= 0.3 is 144 Å². The molecule has 2 aliphatic carbocycles. The van der Waals surface area contributed by atoms with Gasteiger partial charge in [-0.2, -0.15) is 0 Å². The molecule has 0 amide bonds. The van der Waals surface area contributed by atoms with Crippen LogP contribution < -0.4 is 0 Å². The first-order valence-corrected chi connectivity index (χ1v) is 20.0. The van der Waals surface area contributed by atoms with Crippen molar-refractivity contribution in [3.63, 3.8) is 0 Å². The summed E-state index contributed by atoms with van der Waals surface area (Å²) in [5.41, 5.74) is 2.51. The third-order valence-electron chi connectivity index (χ3n) is 19.5. The van der Waals surface area contributed by atoms with Crippen molar-refractivity contribution in [2.75, 3.05) is 6.16 Å². The van der Waals surface area contributed by atoms with Crippen LogP contribution in [0, 0.1) is 0 Å². The van der Waals surface area contributed by atoms with Gasteiger partial charge in [0, 0.05) is 0 Å². The van der Waals surface area contributed by atoms with Crippen molar-refractivity contribution in [2.45, 2.75) is 123 Å². The maximum absolute atomic E-state index is 2.80. The molecule has 2 heteroatoms. The summed E-state index contributed by atoms with van der Waals surface area (Å²) in [7, 11) is 0.432. The Morgan fingerprint density at radius 3 is 1.36 bits per heavy atom. The average Bonchev–Trinajstić information content (AvgIpc) is 3.61. The molecule has 0 aromatic carbocycles. The van der Waals surface area contributed by atoms with Gasteiger partial charge in [-0.15, -0.1) is 0 Å². The Kier molecular flexibility index (Phi) is 0.692. The third-order valence-corrected chi connectivity index (χ3v) is 66.5. The van der Waals surface area contributed by atoms with Crippen LogP contribution in [0.15, 0.2) is 0 Å². The van der Waals surface area contributed by atoms with Gasteiger partial charge in [0.1, 0.15) is 0 Å². The average molecular weight is 396 g/mol. The Labute approximate surface area is 143 Å². The van der Waals surface area contributed by atoms with Crippen LogP contribution in [-0.4, -0.2) is 17.5 Å². The number of hydrogen-bond donors (Lipinski definition) is 0. The van der Waals surface area contributed by atoms with Gasteiger partial charge in [0.25, 0.3) is 0 Å². The van der Waals surface area contributed by atoms with Crippen LogP contribution in [0.3, 0.4) is 0 Å². The van der Waals surface area contributed by atoms with Crippen molar-refractivity contribution < 1.29 is 6.51 Å². The second-order valence-corrected chi connectivity index (χ2v) is 41.6. The molecule has 138 valence electrons. The van der Waals surface area contributed by atoms with Gasteiger partial charge in [-0.1, -0.05) is 0 Å². The van der Waals surface area contributed by atoms with E-state index in [-0.39, 0.29) is 0 Å². The number of rotatable bonds is 4. The first-order chi connectivity index (χ1) is 12.1. The summed E-state index contributed by atoms with van der Waals surface area (Å²) in [6.07, 6.45) is 18.2. The topological polar surface area (TPSA) is 0 Å². The summed E-state index contributed by atoms with van der Waals surface area (Å²) < 4.78 is 1.25. The van der Waals surface area contributed by atoms with E-state index in [1.165, 1.54) is 15.6 Å². The van der Waals surface area contributed by atoms with E-state index in [0.29, 0.717) is 7.92 Å². The molecule has 0 aromatic rings. The Balaban J connectivity index is 1.06. The molecule has 25 heavy (non-hydrogen) atoms. The van der Waals surface area contributed by atoms with Crippen LogP contribution in [0.4, 0.5) is 0 Å². The molecule has 4 atom stereocenters. The van der Waals surface area contributed by atoms with Crippen molar-refractivity contribution in [1.82, 2.24) is 0 Å². The van der Waals surface area contributed by atoms with Crippen LogP contribution >= 0.6 is 7.92 Å². The van der Waals surface area contributed by atoms with E-state index in [0.717, 1.165) is 0 Å². The zero-order valence-electron chi connectivity index (χ0n) is 15.4. The Bertz CT molecular complexity index is 1040. The van der Waals surface area contributed by atoms with E-state index in [2.05, 4.69) is 0 Å². The Morgan fingerprint density at radius 2 is 1.04 bits per heavy atom. The minimum atomic E-state index is -2.80. The summed E-state index contributed by atoms with van der Waals surface area (Å²) in [5.74, 6) is 0. The molecule has 0 bridgehead atoms. The van der Waals surface area contributed by atoms with Crippen molar-refractivity contribution in [1.29, 1.82) is 0 Å². The molecule has 10 saturated heterocycles. The number of fused-ring (bicyclic) bond motifs is 10. The molecular formula is C23H33FeP. The molecular weight excluding hydrogens is 363 g/mol. The van der Waals surface area contributed by atoms with Gasteiger partial charge in [-0.25, -0.2) is 0 Å². The standard InChI is InChI=1S/C18H28P.C5H5.Fe/c1-3-11-17(12-4-1)19(15-16-9-7-8-10-16)18-13-5-2-6-14-18;1-2-4-5-3-1;/h7-10,17-18H,1-6,11-15H2;1-5H;. The molecule has 1 spiro atoms. The molecule has 4 unspecified atom stereocenters. The zero-order chi connectivity index (χ0) is 15.5. The molecule has 0 radical (unpaired) electrons. The molecule has 12 aliphatic rings. The monoisotopic (exact) mass is 396 g/mol. The SMILES string of the molecule is C1CCC(P(C[C]23[CH]4[CH]5[CH]6[CH]2[Fe]56432789[CH]3[CH]2[CH]7[CH]8[CH]39)C2CCCCC2)CC1. The molecule has 12 fully saturated rings. The van der Waals surface area contributed by atoms with Crippen LogP contribution in [0.1, 0.15) is 64.2 Å². The van der Waals surface area contributed by atoms with Gasteiger partial charge < -0.3 is 0 Å². The van der Waals surface area contributed by atoms with Gasteiger partial charge in [-0.05, 0) is 0 Å². The van der Waals surface area contributed by atoms with Crippen LogP contribution in [0.5, 0.6) is 0 Å². The van der Waals surface area contributed by atoms with E-state index in [9.17, 15) is 0 Å². The van der Waals surface area contributed by atoms with Crippen molar-refractivity contribution in [3.8, 4) is 0 Å². The second-order valence-electron chi connectivity index (χ2n) is 15.1. The first-order valence-electron chi connectivity index (χ1n) is 12.1. The van der Waals surface area contributed by atoms with Crippen molar-refractivity contribution in [3.05, 3.63) is 0 Å². The van der Waals surface area contributed by atoms with E-state index >= 15 is 0 Å². The fourth-order valence-electron chi connectivity index (χ4n) is 20.7. The van der Waals surface area contributed by atoms with E-state index in [1.54, 1.807) is 108 Å². The second kappa shape index (κ2) is 1.46. The van der Waals surface area contributed by atoms with Gasteiger partial charge in [-0.3, -0.25) is 0 Å². The van der Waals surface area contributed by atoms with Crippen LogP contribution in [0.2, 0.25) is 47.7 Å². The molecule has 0 aromatic heterocycles. The summed E-state index contributed by atoms with van der Waals surface area (Å²) in [6, 6.07) is 0. The van der Waals surface area contributed by atoms with Crippen LogP contribution in [0.25, 0.3) is 0 Å². The van der Waals surface area contributed by atoms with Crippen LogP contribution in [-0.2, 0) is 6.51 Å². The molecule has 0 N–H and O–H groups in total. The van der Waals surface area contributed by atoms with Crippen molar-refractivity contribution in [2.24, 2.45) is 0 Å². The van der Waals surface area contributed by atoms with Gasteiger partial charge in [0.05, 0.1) is 0 Å². The number of hydrogen-bond acceptors (Lipinski definition) is 0. The van der Waals surface area contributed by atoms with E-state index < -0.39 is 6.51 Å². The third kappa shape index (κ3) is 0.223. The molecule has 10 heterocycles. The van der Waals surface area contributed by atoms with Crippen molar-refractivity contribution >= 4 is 7.92 Å². The fraction of sp³-hybridized carbons (Fsp3) is 1.00. The molecule has 2 saturated carbocycles. The van der Waals surface area contributed by atoms with Gasteiger partial charge in [0.2, 0.25) is 0 Å². The first kappa shape index (κ1) is 11.8. The maximum atomic E-state index is 1.95. The summed E-state index contributed by atoms with van der Waals surface area (Å²) in [6.45, 7) is -2.80. The Morgan fingerprint density at radius 1 is 0.600 bits per heavy atom. The summed E-state index contributed by atoms with van der Waals surface area (Å²) >= 11 is 0. The van der Waals surface area contributed by atoms with E-state index in [1.807, 2.05) is 6.16 Å². The molecule has 10 aliphatic heterocycles. The predicted molar refractivity (Wildman–Crippen MR) is 102 cm³/mol. The quantitative estimate of drug-likeness (QED) is 0.335. The van der Waals surface area contributed by atoms with E-state index in [4.69, 9.17) is 0 Å². The predicted octanol–water partition coefficient (Wildman–Crippen LogP) is 7.89. The summed E-state index contributed by atoms with van der Waals surface area (Å²) in [4.78, 5) is 14.2. The Hall–Kier alpha value is 0.949. The summed E-state index contributed by atoms with van der Waals surface area (Å²) in [5, 5.41) is 0. The molecule has 12 rings (SSSR count). The molecule has 0 nitrogen and oxygen atoms in total. The normalized spacial score (nSPS) is 94.0. The zero-order valence-corrected chi connectivity index (χ0v) is 17.4. The van der Waals surface area contributed by atoms with Gasteiger partial charge in [0.15, 0.2) is 0 Å².